The third-order valence-corrected chi connectivity index (χ3v) is 4.19. The van der Waals surface area contributed by atoms with Crippen LogP contribution < -0.4 is 11.1 Å². The number of carbonyl (C=O) groups is 2. The highest BCUT2D eigenvalue weighted by Crippen LogP contribution is 2.13. The molecule has 29 heavy (non-hydrogen) atoms. The van der Waals surface area contributed by atoms with Gasteiger partial charge < -0.3 is 20.5 Å². The van der Waals surface area contributed by atoms with Gasteiger partial charge in [0.1, 0.15) is 18.2 Å². The zero-order valence-electron chi connectivity index (χ0n) is 17.3. The van der Waals surface area contributed by atoms with Crippen LogP contribution in [-0.2, 0) is 33.8 Å². The molecule has 6 nitrogen and oxygen atoms in total. The first-order valence-electron chi connectivity index (χ1n) is 9.74. The fourth-order valence-corrected chi connectivity index (χ4v) is 2.72. The number of rotatable bonds is 8. The SMILES string of the molecule is CC(C)(C)OC(=O)NCc1ccccc1CCC(N)C(=O)OCc1ccccc1. The number of amides is 1. The number of esters is 1. The average molecular weight is 399 g/mol. The van der Waals surface area contributed by atoms with Crippen molar-refractivity contribution in [2.75, 3.05) is 0 Å². The summed E-state index contributed by atoms with van der Waals surface area (Å²) in [6.45, 7) is 6.01. The Balaban J connectivity index is 1.83. The van der Waals surface area contributed by atoms with Crippen LogP contribution in [-0.4, -0.2) is 23.7 Å². The molecule has 1 amide bonds. The van der Waals surface area contributed by atoms with Crippen molar-refractivity contribution in [3.05, 3.63) is 71.3 Å². The predicted octanol–water partition coefficient (Wildman–Crippen LogP) is 3.71. The van der Waals surface area contributed by atoms with Gasteiger partial charge in [0.05, 0.1) is 0 Å². The molecular formula is C23H30N2O4. The van der Waals surface area contributed by atoms with Crippen molar-refractivity contribution in [2.45, 2.75) is 58.4 Å². The Labute approximate surface area is 172 Å². The van der Waals surface area contributed by atoms with Gasteiger partial charge in [-0.25, -0.2) is 4.79 Å². The Morgan fingerprint density at radius 3 is 2.28 bits per heavy atom. The summed E-state index contributed by atoms with van der Waals surface area (Å²) >= 11 is 0. The van der Waals surface area contributed by atoms with Crippen LogP contribution in [0.2, 0.25) is 0 Å². The molecule has 0 heterocycles. The van der Waals surface area contributed by atoms with E-state index < -0.39 is 23.7 Å². The first-order valence-corrected chi connectivity index (χ1v) is 9.74. The van der Waals surface area contributed by atoms with E-state index in [0.29, 0.717) is 19.4 Å². The van der Waals surface area contributed by atoms with Crippen LogP contribution in [0.5, 0.6) is 0 Å². The average Bonchev–Trinajstić information content (AvgIpc) is 2.68. The zero-order chi connectivity index (χ0) is 21.3. The van der Waals surface area contributed by atoms with Gasteiger partial charge in [0.2, 0.25) is 0 Å². The van der Waals surface area contributed by atoms with E-state index in [4.69, 9.17) is 15.2 Å². The number of nitrogens with two attached hydrogens (primary N) is 1. The summed E-state index contributed by atoms with van der Waals surface area (Å²) in [5, 5.41) is 2.76. The molecule has 0 aliphatic heterocycles. The van der Waals surface area contributed by atoms with E-state index in [1.165, 1.54) is 0 Å². The second-order valence-electron chi connectivity index (χ2n) is 7.86. The van der Waals surface area contributed by atoms with Gasteiger partial charge in [-0.05, 0) is 50.3 Å². The molecule has 6 heteroatoms. The molecule has 0 spiro atoms. The van der Waals surface area contributed by atoms with Crippen molar-refractivity contribution in [2.24, 2.45) is 5.73 Å². The number of aryl methyl sites for hydroxylation is 1. The molecule has 0 radical (unpaired) electrons. The fourth-order valence-electron chi connectivity index (χ4n) is 2.72. The van der Waals surface area contributed by atoms with E-state index in [1.807, 2.05) is 75.4 Å². The lowest BCUT2D eigenvalue weighted by atomic mass is 10.0. The van der Waals surface area contributed by atoms with Crippen molar-refractivity contribution in [1.82, 2.24) is 5.32 Å². The van der Waals surface area contributed by atoms with E-state index in [9.17, 15) is 9.59 Å². The largest absolute Gasteiger partial charge is 0.460 e. The van der Waals surface area contributed by atoms with E-state index in [2.05, 4.69) is 5.32 Å². The summed E-state index contributed by atoms with van der Waals surface area (Å²) in [5.41, 5.74) is 8.37. The van der Waals surface area contributed by atoms with Gasteiger partial charge in [0.25, 0.3) is 0 Å². The zero-order valence-corrected chi connectivity index (χ0v) is 17.3. The number of carbonyl (C=O) groups excluding carboxylic acids is 2. The minimum atomic E-state index is -0.703. The molecule has 0 aliphatic rings. The molecule has 2 aromatic carbocycles. The maximum atomic E-state index is 12.1. The lowest BCUT2D eigenvalue weighted by Crippen LogP contribution is -2.33. The molecule has 1 atom stereocenters. The Bertz CT molecular complexity index is 800. The van der Waals surface area contributed by atoms with Crippen LogP contribution in [0.4, 0.5) is 4.79 Å². The summed E-state index contributed by atoms with van der Waals surface area (Å²) in [4.78, 5) is 24.0. The molecule has 0 aromatic heterocycles. The van der Waals surface area contributed by atoms with Gasteiger partial charge in [-0.2, -0.15) is 0 Å². The first-order chi connectivity index (χ1) is 13.7. The molecule has 0 bridgehead atoms. The molecule has 2 rings (SSSR count). The van der Waals surface area contributed by atoms with Gasteiger partial charge in [0.15, 0.2) is 0 Å². The van der Waals surface area contributed by atoms with Gasteiger partial charge >= 0.3 is 12.1 Å². The monoisotopic (exact) mass is 398 g/mol. The highest BCUT2D eigenvalue weighted by atomic mass is 16.6. The maximum absolute atomic E-state index is 12.1. The summed E-state index contributed by atoms with van der Waals surface area (Å²) in [7, 11) is 0. The summed E-state index contributed by atoms with van der Waals surface area (Å²) in [6.07, 6.45) is 0.596. The molecule has 0 saturated heterocycles. The molecule has 1 unspecified atom stereocenters. The molecule has 0 aliphatic carbocycles. The molecule has 0 saturated carbocycles. The summed E-state index contributed by atoms with van der Waals surface area (Å²) < 4.78 is 10.6. The Morgan fingerprint density at radius 1 is 1.00 bits per heavy atom. The van der Waals surface area contributed by atoms with Crippen LogP contribution in [0.1, 0.15) is 43.9 Å². The predicted molar refractivity (Wildman–Crippen MR) is 112 cm³/mol. The van der Waals surface area contributed by atoms with E-state index >= 15 is 0 Å². The quantitative estimate of drug-likeness (QED) is 0.662. The number of alkyl carbamates (subject to hydrolysis) is 1. The lowest BCUT2D eigenvalue weighted by molar-refractivity contribution is -0.146. The van der Waals surface area contributed by atoms with E-state index in [0.717, 1.165) is 16.7 Å². The Kier molecular flexibility index (Phi) is 8.21. The smallest absolute Gasteiger partial charge is 0.407 e. The normalized spacial score (nSPS) is 12.1. The van der Waals surface area contributed by atoms with Crippen LogP contribution >= 0.6 is 0 Å². The van der Waals surface area contributed by atoms with Crippen LogP contribution in [0.3, 0.4) is 0 Å². The fraction of sp³-hybridized carbons (Fsp3) is 0.391. The van der Waals surface area contributed by atoms with Gasteiger partial charge in [-0.1, -0.05) is 54.6 Å². The maximum Gasteiger partial charge on any atom is 0.407 e. The van der Waals surface area contributed by atoms with Crippen LogP contribution in [0.15, 0.2) is 54.6 Å². The Hall–Kier alpha value is -2.86. The molecule has 3 N–H and O–H groups in total. The second-order valence-corrected chi connectivity index (χ2v) is 7.86. The number of benzene rings is 2. The third kappa shape index (κ3) is 8.35. The van der Waals surface area contributed by atoms with Gasteiger partial charge in [-0.3, -0.25) is 4.79 Å². The molecular weight excluding hydrogens is 368 g/mol. The highest BCUT2D eigenvalue weighted by molar-refractivity contribution is 5.75. The van der Waals surface area contributed by atoms with Crippen molar-refractivity contribution in [3.63, 3.8) is 0 Å². The van der Waals surface area contributed by atoms with Gasteiger partial charge in [-0.15, -0.1) is 0 Å². The topological polar surface area (TPSA) is 90.6 Å². The number of hydrogen-bond donors (Lipinski definition) is 2. The second kappa shape index (κ2) is 10.6. The van der Waals surface area contributed by atoms with Crippen LogP contribution in [0, 0.1) is 0 Å². The van der Waals surface area contributed by atoms with Crippen LogP contribution in [0.25, 0.3) is 0 Å². The Morgan fingerprint density at radius 2 is 1.62 bits per heavy atom. The number of hydrogen-bond acceptors (Lipinski definition) is 5. The molecule has 2 aromatic rings. The number of nitrogens with one attached hydrogen (secondary N) is 1. The van der Waals surface area contributed by atoms with E-state index in [-0.39, 0.29) is 6.61 Å². The lowest BCUT2D eigenvalue weighted by Gasteiger charge is -2.20. The van der Waals surface area contributed by atoms with Crippen molar-refractivity contribution in [3.8, 4) is 0 Å². The summed E-state index contributed by atoms with van der Waals surface area (Å²) in [6, 6.07) is 16.5. The summed E-state index contributed by atoms with van der Waals surface area (Å²) in [5.74, 6) is -0.418. The van der Waals surface area contributed by atoms with Crippen molar-refractivity contribution >= 4 is 12.1 Å². The number of ether oxygens (including phenoxy) is 2. The van der Waals surface area contributed by atoms with Crippen molar-refractivity contribution in [1.29, 1.82) is 0 Å². The molecule has 156 valence electrons. The standard InChI is InChI=1S/C23H30N2O4/c1-23(2,3)29-22(27)25-15-19-12-8-7-11-18(19)13-14-20(24)21(26)28-16-17-9-5-4-6-10-17/h4-12,20H,13-16,24H2,1-3H3,(H,25,27). The molecule has 0 fully saturated rings. The third-order valence-electron chi connectivity index (χ3n) is 4.19. The highest BCUT2D eigenvalue weighted by Gasteiger charge is 2.18. The van der Waals surface area contributed by atoms with Gasteiger partial charge in [0, 0.05) is 6.54 Å². The minimum absolute atomic E-state index is 0.212. The minimum Gasteiger partial charge on any atom is -0.460 e. The van der Waals surface area contributed by atoms with E-state index in [1.54, 1.807) is 0 Å². The van der Waals surface area contributed by atoms with Crippen molar-refractivity contribution < 1.29 is 19.1 Å². The first kappa shape index (κ1) is 22.4.